The molecule has 0 radical (unpaired) electrons. The van der Waals surface area contributed by atoms with Gasteiger partial charge in [0.15, 0.2) is 5.82 Å². The van der Waals surface area contributed by atoms with Gasteiger partial charge in [-0.25, -0.2) is 12.8 Å². The van der Waals surface area contributed by atoms with E-state index in [1.807, 2.05) is 0 Å². The lowest BCUT2D eigenvalue weighted by atomic mass is 10.2. The molecule has 5 nitrogen and oxygen atoms in total. The molecular weight excluding hydrogens is 319 g/mol. The fraction of sp³-hybridized carbons (Fsp3) is 0.538. The summed E-state index contributed by atoms with van der Waals surface area (Å²) in [7, 11) is -4.09. The standard InChI is InChI=1S/C13H18ClFN2O3S/c14-9-7-11(16)13(15)12(8-9)21(19,20)17(5-6-18)10-3-1-2-4-10/h7-8,10,18H,1-6,16H2. The second kappa shape index (κ2) is 6.48. The molecule has 3 N–H and O–H groups in total. The lowest BCUT2D eigenvalue weighted by molar-refractivity contribution is 0.226. The number of sulfonamides is 1. The maximum absolute atomic E-state index is 14.1. The van der Waals surface area contributed by atoms with Crippen LogP contribution in [0, 0.1) is 5.82 Å². The average Bonchev–Trinajstić information content (AvgIpc) is 2.93. The quantitative estimate of drug-likeness (QED) is 0.805. The SMILES string of the molecule is Nc1cc(Cl)cc(S(=O)(=O)N(CCO)C2CCCC2)c1F. The minimum Gasteiger partial charge on any atom is -0.396 e. The zero-order valence-electron chi connectivity index (χ0n) is 11.4. The van der Waals surface area contributed by atoms with Crippen LogP contribution in [0.3, 0.4) is 0 Å². The molecule has 1 fully saturated rings. The van der Waals surface area contributed by atoms with Crippen molar-refractivity contribution in [3.05, 3.63) is 23.0 Å². The van der Waals surface area contributed by atoms with E-state index in [1.54, 1.807) is 0 Å². The molecule has 1 aromatic rings. The van der Waals surface area contributed by atoms with Crippen LogP contribution in [0.2, 0.25) is 5.02 Å². The minimum atomic E-state index is -4.09. The van der Waals surface area contributed by atoms with Crippen molar-refractivity contribution < 1.29 is 17.9 Å². The molecule has 1 saturated carbocycles. The van der Waals surface area contributed by atoms with Crippen molar-refractivity contribution in [2.75, 3.05) is 18.9 Å². The summed E-state index contributed by atoms with van der Waals surface area (Å²) in [6.45, 7) is -0.397. The number of nitrogen functional groups attached to an aromatic ring is 1. The Labute approximate surface area is 128 Å². The molecule has 0 spiro atoms. The number of benzene rings is 1. The molecule has 0 saturated heterocycles. The number of anilines is 1. The van der Waals surface area contributed by atoms with E-state index >= 15 is 0 Å². The molecule has 0 heterocycles. The summed E-state index contributed by atoms with van der Waals surface area (Å²) in [6.07, 6.45) is 3.25. The van der Waals surface area contributed by atoms with Gasteiger partial charge in [0.05, 0.1) is 12.3 Å². The number of halogens is 2. The molecule has 1 aromatic carbocycles. The van der Waals surface area contributed by atoms with Crippen LogP contribution < -0.4 is 5.73 Å². The van der Waals surface area contributed by atoms with Gasteiger partial charge >= 0.3 is 0 Å². The van der Waals surface area contributed by atoms with Crippen molar-refractivity contribution >= 4 is 27.3 Å². The second-order valence-electron chi connectivity index (χ2n) is 5.08. The Morgan fingerprint density at radius 1 is 1.38 bits per heavy atom. The normalized spacial score (nSPS) is 16.8. The Hall–Kier alpha value is -0.890. The van der Waals surface area contributed by atoms with E-state index in [0.717, 1.165) is 23.2 Å². The van der Waals surface area contributed by atoms with Gasteiger partial charge in [0, 0.05) is 17.6 Å². The van der Waals surface area contributed by atoms with Crippen LogP contribution in [0.5, 0.6) is 0 Å². The summed E-state index contributed by atoms with van der Waals surface area (Å²) in [5.74, 6) is -1.000. The van der Waals surface area contributed by atoms with Gasteiger partial charge in [-0.3, -0.25) is 0 Å². The Kier molecular flexibility index (Phi) is 5.08. The number of aliphatic hydroxyl groups is 1. The fourth-order valence-electron chi connectivity index (χ4n) is 2.69. The van der Waals surface area contributed by atoms with Crippen molar-refractivity contribution in [3.8, 4) is 0 Å². The van der Waals surface area contributed by atoms with Gasteiger partial charge in [0.1, 0.15) is 4.90 Å². The second-order valence-corrected chi connectivity index (χ2v) is 7.38. The highest BCUT2D eigenvalue weighted by Crippen LogP contribution is 2.32. The molecule has 0 unspecified atom stereocenters. The molecule has 0 atom stereocenters. The molecule has 118 valence electrons. The molecular formula is C13H18ClFN2O3S. The predicted octanol–water partition coefficient (Wildman–Crippen LogP) is 1.99. The summed E-state index contributed by atoms with van der Waals surface area (Å²) in [5.41, 5.74) is 5.15. The third-order valence-corrected chi connectivity index (χ3v) is 5.84. The average molecular weight is 337 g/mol. The Morgan fingerprint density at radius 3 is 2.57 bits per heavy atom. The maximum Gasteiger partial charge on any atom is 0.246 e. The third-order valence-electron chi connectivity index (χ3n) is 3.67. The van der Waals surface area contributed by atoms with Crippen molar-refractivity contribution in [3.63, 3.8) is 0 Å². The predicted molar refractivity (Wildman–Crippen MR) is 79.1 cm³/mol. The monoisotopic (exact) mass is 336 g/mol. The van der Waals surface area contributed by atoms with E-state index in [1.165, 1.54) is 6.07 Å². The van der Waals surface area contributed by atoms with Crippen LogP contribution >= 0.6 is 11.6 Å². The van der Waals surface area contributed by atoms with Crippen LogP contribution in [-0.2, 0) is 10.0 Å². The molecule has 0 amide bonds. The van der Waals surface area contributed by atoms with Crippen molar-refractivity contribution in [1.29, 1.82) is 0 Å². The topological polar surface area (TPSA) is 83.6 Å². The summed E-state index contributed by atoms with van der Waals surface area (Å²) < 4.78 is 40.7. The highest BCUT2D eigenvalue weighted by Gasteiger charge is 2.35. The number of rotatable bonds is 5. The molecule has 8 heteroatoms. The van der Waals surface area contributed by atoms with Crippen LogP contribution in [0.4, 0.5) is 10.1 Å². The maximum atomic E-state index is 14.1. The molecule has 0 bridgehead atoms. The number of hydrogen-bond acceptors (Lipinski definition) is 4. The molecule has 1 aliphatic rings. The van der Waals surface area contributed by atoms with Crippen molar-refractivity contribution in [2.24, 2.45) is 0 Å². The first-order valence-electron chi connectivity index (χ1n) is 6.75. The largest absolute Gasteiger partial charge is 0.396 e. The van der Waals surface area contributed by atoms with E-state index < -0.39 is 20.7 Å². The van der Waals surface area contributed by atoms with Crippen LogP contribution in [-0.4, -0.2) is 37.0 Å². The van der Waals surface area contributed by atoms with Gasteiger partial charge < -0.3 is 10.8 Å². The summed E-state index contributed by atoms with van der Waals surface area (Å²) >= 11 is 5.79. The van der Waals surface area contributed by atoms with E-state index in [-0.39, 0.29) is 29.9 Å². The van der Waals surface area contributed by atoms with Gasteiger partial charge in [-0.1, -0.05) is 24.4 Å². The first kappa shape index (κ1) is 16.5. The van der Waals surface area contributed by atoms with Gasteiger partial charge in [-0.15, -0.1) is 0 Å². The third kappa shape index (κ3) is 3.31. The first-order chi connectivity index (χ1) is 9.87. The summed E-state index contributed by atoms with van der Waals surface area (Å²) in [6, 6.07) is 2.01. The van der Waals surface area contributed by atoms with Gasteiger partial charge in [0.2, 0.25) is 10.0 Å². The molecule has 21 heavy (non-hydrogen) atoms. The number of nitrogens with zero attached hydrogens (tertiary/aromatic N) is 1. The Morgan fingerprint density at radius 2 is 2.00 bits per heavy atom. The smallest absolute Gasteiger partial charge is 0.246 e. The van der Waals surface area contributed by atoms with E-state index in [2.05, 4.69) is 0 Å². The number of nitrogens with two attached hydrogens (primary N) is 1. The van der Waals surface area contributed by atoms with Crippen LogP contribution in [0.25, 0.3) is 0 Å². The Balaban J connectivity index is 2.47. The molecule has 0 aromatic heterocycles. The first-order valence-corrected chi connectivity index (χ1v) is 8.57. The highest BCUT2D eigenvalue weighted by atomic mass is 35.5. The zero-order valence-corrected chi connectivity index (χ0v) is 13.0. The summed E-state index contributed by atoms with van der Waals surface area (Å²) in [4.78, 5) is -0.534. The van der Waals surface area contributed by atoms with E-state index in [9.17, 15) is 12.8 Å². The minimum absolute atomic E-state index is 0.0582. The lowest BCUT2D eigenvalue weighted by Gasteiger charge is -2.27. The van der Waals surface area contributed by atoms with Crippen molar-refractivity contribution in [1.82, 2.24) is 4.31 Å². The number of aliphatic hydroxyl groups excluding tert-OH is 1. The zero-order chi connectivity index (χ0) is 15.6. The van der Waals surface area contributed by atoms with Crippen LogP contribution in [0.15, 0.2) is 17.0 Å². The lowest BCUT2D eigenvalue weighted by Crippen LogP contribution is -2.41. The Bertz CT molecular complexity index is 618. The van der Waals surface area contributed by atoms with Gasteiger partial charge in [0.25, 0.3) is 0 Å². The number of hydrogen-bond donors (Lipinski definition) is 2. The van der Waals surface area contributed by atoms with Gasteiger partial charge in [-0.2, -0.15) is 4.31 Å². The van der Waals surface area contributed by atoms with Crippen molar-refractivity contribution in [2.45, 2.75) is 36.6 Å². The molecule has 2 rings (SSSR count). The fourth-order valence-corrected chi connectivity index (χ4v) is 4.78. The molecule has 0 aliphatic heterocycles. The summed E-state index contributed by atoms with van der Waals surface area (Å²) in [5, 5.41) is 9.19. The molecule has 1 aliphatic carbocycles. The van der Waals surface area contributed by atoms with E-state index in [0.29, 0.717) is 12.8 Å². The van der Waals surface area contributed by atoms with E-state index in [4.69, 9.17) is 22.4 Å². The highest BCUT2D eigenvalue weighted by molar-refractivity contribution is 7.89. The van der Waals surface area contributed by atoms with Gasteiger partial charge in [-0.05, 0) is 25.0 Å². The van der Waals surface area contributed by atoms with Crippen LogP contribution in [0.1, 0.15) is 25.7 Å².